The number of carbonyl (C=O) groups is 1. The van der Waals surface area contributed by atoms with E-state index in [9.17, 15) is 4.79 Å². The Morgan fingerprint density at radius 1 is 1.04 bits per heavy atom. The van der Waals surface area contributed by atoms with E-state index in [1.807, 2.05) is 7.05 Å². The minimum absolute atomic E-state index is 0.202. The number of rotatable bonds is 5. The SMILES string of the molecule is CN=C(NCCNC(=O)CC1CCCC1)N1CC2C3CCC(O3)C2C1. The smallest absolute Gasteiger partial charge is 0.220 e. The number of carbonyl (C=O) groups excluding carboxylic acids is 1. The summed E-state index contributed by atoms with van der Waals surface area (Å²) in [5, 5.41) is 6.47. The molecule has 0 spiro atoms. The van der Waals surface area contributed by atoms with E-state index < -0.39 is 0 Å². The maximum atomic E-state index is 12.0. The van der Waals surface area contributed by atoms with Crippen LogP contribution in [-0.2, 0) is 9.53 Å². The van der Waals surface area contributed by atoms with Gasteiger partial charge < -0.3 is 20.3 Å². The molecule has 0 radical (unpaired) electrons. The molecule has 4 aliphatic rings. The van der Waals surface area contributed by atoms with Gasteiger partial charge in [0.05, 0.1) is 12.2 Å². The summed E-state index contributed by atoms with van der Waals surface area (Å²) in [5.41, 5.74) is 0. The molecule has 0 aromatic rings. The molecule has 0 aromatic carbocycles. The molecule has 4 atom stereocenters. The standard InChI is InChI=1S/C19H32N4O2/c1-20-19(22-9-8-21-18(24)10-13-4-2-3-5-13)23-11-14-15(12-23)17-7-6-16(14)25-17/h13-17H,2-12H2,1H3,(H,20,22)(H,21,24). The van der Waals surface area contributed by atoms with E-state index in [2.05, 4.69) is 20.5 Å². The lowest BCUT2D eigenvalue weighted by molar-refractivity contribution is -0.121. The summed E-state index contributed by atoms with van der Waals surface area (Å²) in [6.45, 7) is 3.51. The molecule has 2 N–H and O–H groups in total. The molecule has 3 heterocycles. The summed E-state index contributed by atoms with van der Waals surface area (Å²) >= 11 is 0. The van der Waals surface area contributed by atoms with E-state index in [1.165, 1.54) is 38.5 Å². The maximum Gasteiger partial charge on any atom is 0.220 e. The van der Waals surface area contributed by atoms with Crippen LogP contribution in [0.3, 0.4) is 0 Å². The highest BCUT2D eigenvalue weighted by atomic mass is 16.5. The summed E-state index contributed by atoms with van der Waals surface area (Å²) in [5.74, 6) is 3.15. The van der Waals surface area contributed by atoms with Gasteiger partial charge in [0.15, 0.2) is 5.96 Å². The van der Waals surface area contributed by atoms with Gasteiger partial charge in [-0.1, -0.05) is 12.8 Å². The number of hydrogen-bond donors (Lipinski definition) is 2. The highest BCUT2D eigenvalue weighted by Gasteiger charge is 2.53. The third kappa shape index (κ3) is 3.64. The van der Waals surface area contributed by atoms with E-state index in [0.29, 0.717) is 42.9 Å². The van der Waals surface area contributed by atoms with Crippen molar-refractivity contribution in [3.05, 3.63) is 0 Å². The predicted octanol–water partition coefficient (Wildman–Crippen LogP) is 1.37. The molecule has 3 aliphatic heterocycles. The third-order valence-electron chi connectivity index (χ3n) is 6.64. The largest absolute Gasteiger partial charge is 0.374 e. The van der Waals surface area contributed by atoms with Crippen LogP contribution in [0.1, 0.15) is 44.9 Å². The molecule has 0 aromatic heterocycles. The molecule has 1 aliphatic carbocycles. The average Bonchev–Trinajstić information content (AvgIpc) is 3.36. The van der Waals surface area contributed by atoms with Crippen LogP contribution in [0.4, 0.5) is 0 Å². The van der Waals surface area contributed by atoms with Gasteiger partial charge in [-0.2, -0.15) is 0 Å². The highest BCUT2D eigenvalue weighted by molar-refractivity contribution is 5.80. The predicted molar refractivity (Wildman–Crippen MR) is 97.4 cm³/mol. The van der Waals surface area contributed by atoms with Crippen molar-refractivity contribution in [3.63, 3.8) is 0 Å². The number of guanidine groups is 1. The van der Waals surface area contributed by atoms with E-state index in [-0.39, 0.29) is 5.91 Å². The minimum Gasteiger partial charge on any atom is -0.374 e. The van der Waals surface area contributed by atoms with Crippen LogP contribution in [0.15, 0.2) is 4.99 Å². The molecule has 3 saturated heterocycles. The quantitative estimate of drug-likeness (QED) is 0.447. The molecule has 1 amide bonds. The number of ether oxygens (including phenoxy) is 1. The molecular formula is C19H32N4O2. The Kier molecular flexibility index (Phi) is 5.15. The van der Waals surface area contributed by atoms with Crippen LogP contribution in [-0.4, -0.2) is 62.2 Å². The summed E-state index contributed by atoms with van der Waals surface area (Å²) in [6.07, 6.45) is 9.16. The van der Waals surface area contributed by atoms with E-state index in [4.69, 9.17) is 4.74 Å². The summed E-state index contributed by atoms with van der Waals surface area (Å²) in [4.78, 5) is 18.8. The summed E-state index contributed by atoms with van der Waals surface area (Å²) in [7, 11) is 1.85. The van der Waals surface area contributed by atoms with Crippen molar-refractivity contribution in [1.82, 2.24) is 15.5 Å². The molecule has 25 heavy (non-hydrogen) atoms. The second kappa shape index (κ2) is 7.52. The number of nitrogens with one attached hydrogen (secondary N) is 2. The summed E-state index contributed by atoms with van der Waals surface area (Å²) in [6, 6.07) is 0. The molecule has 1 saturated carbocycles. The highest BCUT2D eigenvalue weighted by Crippen LogP contribution is 2.47. The topological polar surface area (TPSA) is 66.0 Å². The monoisotopic (exact) mass is 348 g/mol. The zero-order valence-corrected chi connectivity index (χ0v) is 15.4. The van der Waals surface area contributed by atoms with Crippen LogP contribution < -0.4 is 10.6 Å². The fraction of sp³-hybridized carbons (Fsp3) is 0.895. The lowest BCUT2D eigenvalue weighted by Crippen LogP contribution is -2.44. The lowest BCUT2D eigenvalue weighted by atomic mass is 9.82. The van der Waals surface area contributed by atoms with Crippen molar-refractivity contribution in [2.24, 2.45) is 22.7 Å². The fourth-order valence-electron chi connectivity index (χ4n) is 5.39. The van der Waals surface area contributed by atoms with Crippen LogP contribution >= 0.6 is 0 Å². The number of fused-ring (bicyclic) bond motifs is 5. The van der Waals surface area contributed by atoms with Gasteiger partial charge in [-0.05, 0) is 31.6 Å². The molecular weight excluding hydrogens is 316 g/mol. The second-order valence-corrected chi connectivity index (χ2v) is 8.20. The maximum absolute atomic E-state index is 12.0. The second-order valence-electron chi connectivity index (χ2n) is 8.20. The Morgan fingerprint density at radius 3 is 2.32 bits per heavy atom. The molecule has 4 unspecified atom stereocenters. The number of nitrogens with zero attached hydrogens (tertiary/aromatic N) is 2. The molecule has 4 rings (SSSR count). The first kappa shape index (κ1) is 17.1. The molecule has 6 heteroatoms. The molecule has 2 bridgehead atoms. The lowest BCUT2D eigenvalue weighted by Gasteiger charge is -2.23. The van der Waals surface area contributed by atoms with Crippen molar-refractivity contribution in [2.75, 3.05) is 33.2 Å². The first-order chi connectivity index (χ1) is 12.2. The molecule has 140 valence electrons. The van der Waals surface area contributed by atoms with Crippen molar-refractivity contribution in [2.45, 2.75) is 57.2 Å². The average molecular weight is 348 g/mol. The van der Waals surface area contributed by atoms with Crippen LogP contribution in [0.5, 0.6) is 0 Å². The van der Waals surface area contributed by atoms with Gasteiger partial charge in [0, 0.05) is 51.5 Å². The van der Waals surface area contributed by atoms with Crippen molar-refractivity contribution < 1.29 is 9.53 Å². The Hall–Kier alpha value is -1.30. The fourth-order valence-corrected chi connectivity index (χ4v) is 5.39. The number of likely N-dealkylation sites (tertiary alicyclic amines) is 1. The van der Waals surface area contributed by atoms with Crippen LogP contribution in [0.25, 0.3) is 0 Å². The Morgan fingerprint density at radius 2 is 1.68 bits per heavy atom. The zero-order valence-electron chi connectivity index (χ0n) is 15.4. The molecule has 4 fully saturated rings. The van der Waals surface area contributed by atoms with Gasteiger partial charge in [-0.25, -0.2) is 0 Å². The van der Waals surface area contributed by atoms with Gasteiger partial charge in [0.2, 0.25) is 5.91 Å². The Labute approximate surface area is 150 Å². The first-order valence-corrected chi connectivity index (χ1v) is 10.1. The Balaban J connectivity index is 1.17. The third-order valence-corrected chi connectivity index (χ3v) is 6.64. The minimum atomic E-state index is 0.202. The van der Waals surface area contributed by atoms with Crippen molar-refractivity contribution >= 4 is 11.9 Å². The van der Waals surface area contributed by atoms with Crippen LogP contribution in [0.2, 0.25) is 0 Å². The van der Waals surface area contributed by atoms with Gasteiger partial charge in [-0.15, -0.1) is 0 Å². The van der Waals surface area contributed by atoms with Crippen molar-refractivity contribution in [3.8, 4) is 0 Å². The van der Waals surface area contributed by atoms with Crippen molar-refractivity contribution in [1.29, 1.82) is 0 Å². The number of aliphatic imine (C=N–C) groups is 1. The van der Waals surface area contributed by atoms with Gasteiger partial charge in [0.1, 0.15) is 0 Å². The van der Waals surface area contributed by atoms with Gasteiger partial charge in [0.25, 0.3) is 0 Å². The first-order valence-electron chi connectivity index (χ1n) is 10.1. The van der Waals surface area contributed by atoms with E-state index in [0.717, 1.165) is 25.6 Å². The summed E-state index contributed by atoms with van der Waals surface area (Å²) < 4.78 is 6.05. The Bertz CT molecular complexity index is 500. The van der Waals surface area contributed by atoms with E-state index >= 15 is 0 Å². The zero-order chi connectivity index (χ0) is 17.2. The molecule has 6 nitrogen and oxygen atoms in total. The number of hydrogen-bond acceptors (Lipinski definition) is 3. The van der Waals surface area contributed by atoms with E-state index in [1.54, 1.807) is 0 Å². The van der Waals surface area contributed by atoms with Crippen LogP contribution in [0, 0.1) is 17.8 Å². The number of amides is 1. The van der Waals surface area contributed by atoms with Gasteiger partial charge in [-0.3, -0.25) is 9.79 Å². The normalized spacial score (nSPS) is 34.6. The van der Waals surface area contributed by atoms with Gasteiger partial charge >= 0.3 is 0 Å².